The Balaban J connectivity index is 1.52. The zero-order valence-electron chi connectivity index (χ0n) is 15.9. The number of hydrogen-bond acceptors (Lipinski definition) is 5. The van der Waals surface area contributed by atoms with Crippen LogP contribution in [0.15, 0.2) is 53.7 Å². The second-order valence-corrected chi connectivity index (χ2v) is 8.10. The lowest BCUT2D eigenvalue weighted by Gasteiger charge is -2.14. The van der Waals surface area contributed by atoms with Crippen LogP contribution < -0.4 is 10.1 Å². The van der Waals surface area contributed by atoms with Crippen molar-refractivity contribution in [2.24, 2.45) is 7.05 Å². The van der Waals surface area contributed by atoms with Gasteiger partial charge in [-0.2, -0.15) is 0 Å². The van der Waals surface area contributed by atoms with Crippen molar-refractivity contribution >= 4 is 40.9 Å². The first kappa shape index (κ1) is 21.5. The van der Waals surface area contributed by atoms with E-state index in [2.05, 4.69) is 15.5 Å². The third-order valence-corrected chi connectivity index (χ3v) is 5.74. The number of amides is 1. The molecule has 3 rings (SSSR count). The summed E-state index contributed by atoms with van der Waals surface area (Å²) in [7, 11) is 1.83. The molecular weight excluding hydrogens is 431 g/mol. The number of benzene rings is 2. The third kappa shape index (κ3) is 5.88. The van der Waals surface area contributed by atoms with Gasteiger partial charge < -0.3 is 14.6 Å². The predicted molar refractivity (Wildman–Crippen MR) is 116 cm³/mol. The first-order chi connectivity index (χ1) is 13.9. The van der Waals surface area contributed by atoms with E-state index in [0.717, 1.165) is 5.56 Å². The minimum absolute atomic E-state index is 0.0584. The van der Waals surface area contributed by atoms with E-state index < -0.39 is 0 Å². The van der Waals surface area contributed by atoms with Crippen molar-refractivity contribution in [3.63, 3.8) is 0 Å². The summed E-state index contributed by atoms with van der Waals surface area (Å²) >= 11 is 13.3. The Bertz CT molecular complexity index is 982. The standard InChI is InChI=1S/C20H20Cl2N4O2S/c1-13(14-6-4-3-5-7-14)23-19(27)12-29-20-25-24-18(26(20)2)11-28-17-9-8-15(21)10-16(17)22/h3-10,13H,11-12H2,1-2H3,(H,23,27)/t13-/m1/s1. The van der Waals surface area contributed by atoms with Crippen LogP contribution in [0.4, 0.5) is 0 Å². The van der Waals surface area contributed by atoms with Crippen LogP contribution in [0.2, 0.25) is 10.0 Å². The average molecular weight is 451 g/mol. The lowest BCUT2D eigenvalue weighted by Crippen LogP contribution is -2.28. The molecule has 0 spiro atoms. The van der Waals surface area contributed by atoms with E-state index in [9.17, 15) is 4.79 Å². The number of carbonyl (C=O) groups is 1. The van der Waals surface area contributed by atoms with E-state index in [-0.39, 0.29) is 24.3 Å². The molecule has 1 aromatic heterocycles. The largest absolute Gasteiger partial charge is 0.484 e. The number of hydrogen-bond donors (Lipinski definition) is 1. The fraction of sp³-hybridized carbons (Fsp3) is 0.250. The number of ether oxygens (including phenoxy) is 1. The minimum Gasteiger partial charge on any atom is -0.484 e. The van der Waals surface area contributed by atoms with E-state index in [1.54, 1.807) is 22.8 Å². The van der Waals surface area contributed by atoms with Gasteiger partial charge in [0.25, 0.3) is 0 Å². The van der Waals surface area contributed by atoms with Gasteiger partial charge in [-0.05, 0) is 30.7 Å². The first-order valence-electron chi connectivity index (χ1n) is 8.87. The van der Waals surface area contributed by atoms with Gasteiger partial charge >= 0.3 is 0 Å². The molecule has 0 saturated carbocycles. The van der Waals surface area contributed by atoms with E-state index in [4.69, 9.17) is 27.9 Å². The summed E-state index contributed by atoms with van der Waals surface area (Å²) in [5.74, 6) is 1.31. The molecule has 0 aliphatic rings. The minimum atomic E-state index is -0.0694. The fourth-order valence-electron chi connectivity index (χ4n) is 2.57. The molecule has 1 N–H and O–H groups in total. The molecule has 3 aromatic rings. The summed E-state index contributed by atoms with van der Waals surface area (Å²) in [4.78, 5) is 12.3. The Morgan fingerprint density at radius 1 is 1.21 bits per heavy atom. The van der Waals surface area contributed by atoms with Gasteiger partial charge in [0.2, 0.25) is 5.91 Å². The number of halogens is 2. The lowest BCUT2D eigenvalue weighted by atomic mass is 10.1. The Hall–Kier alpha value is -2.22. The van der Waals surface area contributed by atoms with Crippen molar-refractivity contribution in [1.29, 1.82) is 0 Å². The predicted octanol–water partition coefficient (Wildman–Crippen LogP) is 4.67. The molecule has 0 aliphatic heterocycles. The SMILES string of the molecule is C[C@@H](NC(=O)CSc1nnc(COc2ccc(Cl)cc2Cl)n1C)c1ccccc1. The molecule has 6 nitrogen and oxygen atoms in total. The van der Waals surface area contributed by atoms with Gasteiger partial charge in [0, 0.05) is 12.1 Å². The Kier molecular flexibility index (Phi) is 7.41. The molecule has 1 amide bonds. The van der Waals surface area contributed by atoms with Crippen molar-refractivity contribution in [3.05, 3.63) is 70.0 Å². The summed E-state index contributed by atoms with van der Waals surface area (Å²) in [5.41, 5.74) is 1.06. The van der Waals surface area contributed by atoms with E-state index in [0.29, 0.717) is 26.8 Å². The summed E-state index contributed by atoms with van der Waals surface area (Å²) in [6.45, 7) is 2.15. The normalized spacial score (nSPS) is 11.9. The number of aromatic nitrogens is 3. The number of carbonyl (C=O) groups excluding carboxylic acids is 1. The van der Waals surface area contributed by atoms with Gasteiger partial charge in [0.05, 0.1) is 16.8 Å². The van der Waals surface area contributed by atoms with Crippen molar-refractivity contribution < 1.29 is 9.53 Å². The first-order valence-corrected chi connectivity index (χ1v) is 10.6. The molecule has 0 radical (unpaired) electrons. The zero-order chi connectivity index (χ0) is 20.8. The Morgan fingerprint density at radius 3 is 2.69 bits per heavy atom. The van der Waals surface area contributed by atoms with Crippen LogP contribution in [0.5, 0.6) is 5.75 Å². The van der Waals surface area contributed by atoms with Crippen LogP contribution in [0.3, 0.4) is 0 Å². The van der Waals surface area contributed by atoms with Gasteiger partial charge in [0.15, 0.2) is 11.0 Å². The van der Waals surface area contributed by atoms with Crippen LogP contribution in [0, 0.1) is 0 Å². The number of nitrogens with zero attached hydrogens (tertiary/aromatic N) is 3. The molecule has 2 aromatic carbocycles. The molecule has 0 fully saturated rings. The molecule has 0 saturated heterocycles. The van der Waals surface area contributed by atoms with Crippen LogP contribution in [0.25, 0.3) is 0 Å². The van der Waals surface area contributed by atoms with E-state index >= 15 is 0 Å². The topological polar surface area (TPSA) is 69.0 Å². The number of thioether (sulfide) groups is 1. The van der Waals surface area contributed by atoms with Gasteiger partial charge in [-0.3, -0.25) is 4.79 Å². The highest BCUT2D eigenvalue weighted by Gasteiger charge is 2.14. The average Bonchev–Trinajstić information content (AvgIpc) is 3.06. The smallest absolute Gasteiger partial charge is 0.230 e. The van der Waals surface area contributed by atoms with Gasteiger partial charge in [0.1, 0.15) is 12.4 Å². The molecule has 1 atom stereocenters. The molecule has 152 valence electrons. The monoisotopic (exact) mass is 450 g/mol. The van der Waals surface area contributed by atoms with Crippen LogP contribution in [-0.4, -0.2) is 26.4 Å². The number of rotatable bonds is 8. The van der Waals surface area contributed by atoms with Crippen LogP contribution in [-0.2, 0) is 18.4 Å². The molecular formula is C20H20Cl2N4O2S. The highest BCUT2D eigenvalue weighted by molar-refractivity contribution is 7.99. The summed E-state index contributed by atoms with van der Waals surface area (Å²) < 4.78 is 7.49. The highest BCUT2D eigenvalue weighted by Crippen LogP contribution is 2.28. The van der Waals surface area contributed by atoms with Crippen LogP contribution >= 0.6 is 35.0 Å². The molecule has 0 aliphatic carbocycles. The number of nitrogens with one attached hydrogen (secondary N) is 1. The third-order valence-electron chi connectivity index (χ3n) is 4.19. The maximum atomic E-state index is 12.3. The molecule has 9 heteroatoms. The summed E-state index contributed by atoms with van der Waals surface area (Å²) in [6, 6.07) is 14.8. The van der Waals surface area contributed by atoms with Crippen molar-refractivity contribution in [1.82, 2.24) is 20.1 Å². The molecule has 0 bridgehead atoms. The Morgan fingerprint density at radius 2 is 1.97 bits per heavy atom. The molecule has 1 heterocycles. The van der Waals surface area contributed by atoms with Gasteiger partial charge in [-0.25, -0.2) is 0 Å². The van der Waals surface area contributed by atoms with E-state index in [1.165, 1.54) is 11.8 Å². The maximum absolute atomic E-state index is 12.3. The molecule has 29 heavy (non-hydrogen) atoms. The van der Waals surface area contributed by atoms with E-state index in [1.807, 2.05) is 44.3 Å². The van der Waals surface area contributed by atoms with Crippen molar-refractivity contribution in [3.8, 4) is 5.75 Å². The quantitative estimate of drug-likeness (QED) is 0.504. The van der Waals surface area contributed by atoms with Gasteiger partial charge in [-0.1, -0.05) is 65.3 Å². The van der Waals surface area contributed by atoms with Crippen LogP contribution in [0.1, 0.15) is 24.4 Å². The highest BCUT2D eigenvalue weighted by atomic mass is 35.5. The maximum Gasteiger partial charge on any atom is 0.230 e. The fourth-order valence-corrected chi connectivity index (χ4v) is 3.77. The lowest BCUT2D eigenvalue weighted by molar-refractivity contribution is -0.119. The Labute approximate surface area is 183 Å². The second kappa shape index (κ2) is 10.0. The van der Waals surface area contributed by atoms with Crippen molar-refractivity contribution in [2.45, 2.75) is 24.7 Å². The molecule has 0 unspecified atom stereocenters. The van der Waals surface area contributed by atoms with Gasteiger partial charge in [-0.15, -0.1) is 10.2 Å². The summed E-state index contributed by atoms with van der Waals surface area (Å²) in [5, 5.41) is 12.9. The zero-order valence-corrected chi connectivity index (χ0v) is 18.3. The summed E-state index contributed by atoms with van der Waals surface area (Å²) in [6.07, 6.45) is 0. The second-order valence-electron chi connectivity index (χ2n) is 6.31. The van der Waals surface area contributed by atoms with Crippen molar-refractivity contribution in [2.75, 3.05) is 5.75 Å².